The molecule has 0 fully saturated rings. The molecule has 0 unspecified atom stereocenters. The Kier molecular flexibility index (Phi) is 5.83. The lowest BCUT2D eigenvalue weighted by molar-refractivity contribution is 0.241. The van der Waals surface area contributed by atoms with Crippen LogP contribution < -0.4 is 9.47 Å². The zero-order valence-electron chi connectivity index (χ0n) is 10.1. The van der Waals surface area contributed by atoms with Gasteiger partial charge in [0.05, 0.1) is 12.4 Å². The van der Waals surface area contributed by atoms with E-state index in [1.54, 1.807) is 0 Å². The van der Waals surface area contributed by atoms with Crippen molar-refractivity contribution < 1.29 is 35.6 Å². The highest BCUT2D eigenvalue weighted by atomic mass is 32.2. The minimum Gasteiger partial charge on any atom is -0.494 e. The van der Waals surface area contributed by atoms with Gasteiger partial charge in [-0.1, -0.05) is 0 Å². The number of hydrogen-bond acceptors (Lipinski definition) is 4. The Hall–Kier alpha value is -1.74. The van der Waals surface area contributed by atoms with E-state index in [-0.39, 0.29) is 18.8 Å². The van der Waals surface area contributed by atoms with Gasteiger partial charge in [-0.25, -0.2) is 0 Å². The van der Waals surface area contributed by atoms with Crippen LogP contribution in [0.1, 0.15) is 6.42 Å². The van der Waals surface area contributed by atoms with Crippen LogP contribution in [-0.4, -0.2) is 25.3 Å². The molecular formula is C11H11F3O5S. The van der Waals surface area contributed by atoms with E-state index in [2.05, 4.69) is 4.74 Å². The van der Waals surface area contributed by atoms with Crippen molar-refractivity contribution in [3.05, 3.63) is 36.4 Å². The van der Waals surface area contributed by atoms with E-state index in [4.69, 9.17) is 9.29 Å². The Bertz CT molecular complexity index is 564. The first-order valence-corrected chi connectivity index (χ1v) is 6.95. The van der Waals surface area contributed by atoms with Crippen LogP contribution in [-0.2, 0) is 10.1 Å². The summed E-state index contributed by atoms with van der Waals surface area (Å²) in [7, 11) is -4.02. The van der Waals surface area contributed by atoms with Gasteiger partial charge in [0.15, 0.2) is 0 Å². The molecule has 0 heterocycles. The standard InChI is InChI=1S/C11H11F3O5S/c12-10(13)11(14)19-9-4-2-8(3-5-9)18-6-1-7-20(15,16)17/h2-5H,1,6-7H2,(H,15,16,17). The van der Waals surface area contributed by atoms with Crippen molar-refractivity contribution in [3.8, 4) is 11.5 Å². The van der Waals surface area contributed by atoms with Crippen LogP contribution in [0.3, 0.4) is 0 Å². The normalized spacial score (nSPS) is 11.0. The molecule has 5 nitrogen and oxygen atoms in total. The monoisotopic (exact) mass is 312 g/mol. The van der Waals surface area contributed by atoms with Crippen LogP contribution in [0.15, 0.2) is 36.4 Å². The molecule has 1 aromatic rings. The quantitative estimate of drug-likeness (QED) is 0.476. The highest BCUT2D eigenvalue weighted by molar-refractivity contribution is 7.85. The van der Waals surface area contributed by atoms with Crippen molar-refractivity contribution in [3.63, 3.8) is 0 Å². The third-order valence-corrected chi connectivity index (χ3v) is 2.80. The van der Waals surface area contributed by atoms with Crippen molar-refractivity contribution in [1.82, 2.24) is 0 Å². The smallest absolute Gasteiger partial charge is 0.344 e. The molecule has 0 aliphatic carbocycles. The molecule has 0 aliphatic rings. The zero-order chi connectivity index (χ0) is 15.2. The molecule has 0 bridgehead atoms. The van der Waals surface area contributed by atoms with Crippen LogP contribution in [0, 0.1) is 0 Å². The Morgan fingerprint density at radius 1 is 1.10 bits per heavy atom. The summed E-state index contributed by atoms with van der Waals surface area (Å²) in [5, 5.41) is 0. The van der Waals surface area contributed by atoms with Crippen LogP contribution in [0.2, 0.25) is 0 Å². The Morgan fingerprint density at radius 2 is 1.65 bits per heavy atom. The lowest BCUT2D eigenvalue weighted by atomic mass is 10.3. The summed E-state index contributed by atoms with van der Waals surface area (Å²) in [5.41, 5.74) is 0. The number of benzene rings is 1. The van der Waals surface area contributed by atoms with Crippen LogP contribution >= 0.6 is 0 Å². The first kappa shape index (κ1) is 16.3. The van der Waals surface area contributed by atoms with E-state index in [0.717, 1.165) is 0 Å². The van der Waals surface area contributed by atoms with E-state index < -0.39 is 28.0 Å². The summed E-state index contributed by atoms with van der Waals surface area (Å²) < 4.78 is 74.7. The lowest BCUT2D eigenvalue weighted by Gasteiger charge is -2.06. The lowest BCUT2D eigenvalue weighted by Crippen LogP contribution is -2.08. The minimum absolute atomic E-state index is 0.0351. The van der Waals surface area contributed by atoms with Crippen molar-refractivity contribution in [2.75, 3.05) is 12.4 Å². The fourth-order valence-electron chi connectivity index (χ4n) is 1.18. The molecule has 0 saturated carbocycles. The van der Waals surface area contributed by atoms with Gasteiger partial charge in [-0.15, -0.1) is 0 Å². The summed E-state index contributed by atoms with van der Waals surface area (Å²) in [6, 6.07) is 3.12. The second-order valence-corrected chi connectivity index (χ2v) is 5.17. The average molecular weight is 312 g/mol. The van der Waals surface area contributed by atoms with E-state index in [1.807, 2.05) is 0 Å². The topological polar surface area (TPSA) is 72.8 Å². The van der Waals surface area contributed by atoms with Crippen LogP contribution in [0.25, 0.3) is 0 Å². The molecule has 112 valence electrons. The zero-order valence-corrected chi connectivity index (χ0v) is 10.9. The van der Waals surface area contributed by atoms with Gasteiger partial charge in [0.2, 0.25) is 0 Å². The molecule has 0 radical (unpaired) electrons. The van der Waals surface area contributed by atoms with E-state index >= 15 is 0 Å². The Labute approximate surface area is 113 Å². The van der Waals surface area contributed by atoms with Gasteiger partial charge < -0.3 is 9.47 Å². The average Bonchev–Trinajstić information content (AvgIpc) is 2.35. The first-order chi connectivity index (χ1) is 9.28. The van der Waals surface area contributed by atoms with E-state index in [1.165, 1.54) is 24.3 Å². The van der Waals surface area contributed by atoms with Gasteiger partial charge in [0.25, 0.3) is 10.1 Å². The van der Waals surface area contributed by atoms with Gasteiger partial charge >= 0.3 is 12.1 Å². The van der Waals surface area contributed by atoms with Gasteiger partial charge in [0.1, 0.15) is 11.5 Å². The molecule has 20 heavy (non-hydrogen) atoms. The highest BCUT2D eigenvalue weighted by Crippen LogP contribution is 2.21. The molecule has 9 heteroatoms. The van der Waals surface area contributed by atoms with E-state index in [9.17, 15) is 21.6 Å². The van der Waals surface area contributed by atoms with E-state index in [0.29, 0.717) is 5.75 Å². The summed E-state index contributed by atoms with van der Waals surface area (Å²) >= 11 is 0. The van der Waals surface area contributed by atoms with Crippen molar-refractivity contribution in [2.24, 2.45) is 0 Å². The first-order valence-electron chi connectivity index (χ1n) is 5.34. The predicted octanol–water partition coefficient (Wildman–Crippen LogP) is 2.76. The van der Waals surface area contributed by atoms with Crippen molar-refractivity contribution in [2.45, 2.75) is 6.42 Å². The number of rotatable bonds is 7. The maximum atomic E-state index is 12.5. The largest absolute Gasteiger partial charge is 0.494 e. The third-order valence-electron chi connectivity index (χ3n) is 2.00. The van der Waals surface area contributed by atoms with Crippen molar-refractivity contribution >= 4 is 10.1 Å². The maximum absolute atomic E-state index is 12.5. The second-order valence-electron chi connectivity index (χ2n) is 3.60. The maximum Gasteiger partial charge on any atom is 0.344 e. The number of halogens is 3. The molecule has 0 atom stereocenters. The molecule has 0 spiro atoms. The molecule has 0 saturated heterocycles. The summed E-state index contributed by atoms with van der Waals surface area (Å²) in [6.07, 6.45) is -2.47. The Balaban J connectivity index is 2.45. The summed E-state index contributed by atoms with van der Waals surface area (Å²) in [6.45, 7) is 0.0351. The summed E-state index contributed by atoms with van der Waals surface area (Å²) in [5.74, 6) is -0.252. The van der Waals surface area contributed by atoms with Gasteiger partial charge in [0, 0.05) is 0 Å². The predicted molar refractivity (Wildman–Crippen MR) is 63.9 cm³/mol. The van der Waals surface area contributed by atoms with Crippen LogP contribution in [0.4, 0.5) is 13.2 Å². The molecule has 1 rings (SSSR count). The second kappa shape index (κ2) is 7.15. The van der Waals surface area contributed by atoms with Crippen LogP contribution in [0.5, 0.6) is 11.5 Å². The SMILES string of the molecule is O=S(=O)(O)CCCOc1ccc(OC(F)=C(F)F)cc1. The number of ether oxygens (including phenoxy) is 2. The summed E-state index contributed by atoms with van der Waals surface area (Å²) in [4.78, 5) is 0. The van der Waals surface area contributed by atoms with Crippen molar-refractivity contribution in [1.29, 1.82) is 0 Å². The molecule has 0 amide bonds. The number of hydrogen-bond donors (Lipinski definition) is 1. The fraction of sp³-hybridized carbons (Fsp3) is 0.273. The molecule has 0 aromatic heterocycles. The minimum atomic E-state index is -4.02. The van der Waals surface area contributed by atoms with Gasteiger partial charge in [-0.05, 0) is 30.7 Å². The fourth-order valence-corrected chi connectivity index (χ4v) is 1.66. The molecule has 0 aliphatic heterocycles. The van der Waals surface area contributed by atoms with Gasteiger partial charge in [-0.2, -0.15) is 21.6 Å². The molecular weight excluding hydrogens is 301 g/mol. The molecule has 1 N–H and O–H groups in total. The Morgan fingerprint density at radius 3 is 2.15 bits per heavy atom. The molecule has 1 aromatic carbocycles. The highest BCUT2D eigenvalue weighted by Gasteiger charge is 2.08. The van der Waals surface area contributed by atoms with Gasteiger partial charge in [-0.3, -0.25) is 4.55 Å². The third kappa shape index (κ3) is 6.43.